The summed E-state index contributed by atoms with van der Waals surface area (Å²) in [5, 5.41) is 13.1. The van der Waals surface area contributed by atoms with Gasteiger partial charge in [0.1, 0.15) is 5.75 Å². The third-order valence-corrected chi connectivity index (χ3v) is 3.30. The minimum Gasteiger partial charge on any atom is -0.497 e. The van der Waals surface area contributed by atoms with Gasteiger partial charge in [-0.3, -0.25) is 0 Å². The monoisotopic (exact) mass is 287 g/mol. The number of ether oxygens (including phenoxy) is 1. The highest BCUT2D eigenvalue weighted by atomic mass is 79.9. The Kier molecular flexibility index (Phi) is 4.21. The second kappa shape index (κ2) is 5.06. The Balaban J connectivity index is 2.88. The predicted octanol–water partition coefficient (Wildman–Crippen LogP) is 3.03. The molecule has 4 heteroatoms. The Morgan fingerprint density at radius 2 is 2.06 bits per heavy atom. The molecule has 0 aliphatic carbocycles. The molecule has 1 aromatic rings. The number of methoxy groups -OCH3 is 1. The molecule has 0 aromatic heterocycles. The first-order chi connectivity index (χ1) is 7.34. The van der Waals surface area contributed by atoms with Crippen LogP contribution in [-0.4, -0.2) is 23.9 Å². The number of anilines is 1. The minimum absolute atomic E-state index is 0.0593. The molecule has 1 unspecified atom stereocenters. The van der Waals surface area contributed by atoms with Gasteiger partial charge in [0, 0.05) is 10.5 Å². The van der Waals surface area contributed by atoms with Gasteiger partial charge in [0.15, 0.2) is 0 Å². The minimum atomic E-state index is -0.775. The lowest BCUT2D eigenvalue weighted by atomic mass is 10.0. The zero-order valence-electron chi connectivity index (χ0n) is 10.0. The summed E-state index contributed by atoms with van der Waals surface area (Å²) >= 11 is 3.46. The highest BCUT2D eigenvalue weighted by Crippen LogP contribution is 2.28. The predicted molar refractivity (Wildman–Crippen MR) is 70.1 cm³/mol. The molecule has 3 nitrogen and oxygen atoms in total. The van der Waals surface area contributed by atoms with Crippen molar-refractivity contribution in [3.05, 3.63) is 22.7 Å². The largest absolute Gasteiger partial charge is 0.497 e. The van der Waals surface area contributed by atoms with E-state index < -0.39 is 5.60 Å². The molecule has 0 saturated carbocycles. The van der Waals surface area contributed by atoms with Gasteiger partial charge in [-0.2, -0.15) is 0 Å². The van der Waals surface area contributed by atoms with E-state index in [0.717, 1.165) is 15.9 Å². The van der Waals surface area contributed by atoms with Crippen LogP contribution in [0, 0.1) is 0 Å². The molecular formula is C12H18BrNO2. The van der Waals surface area contributed by atoms with Crippen molar-refractivity contribution < 1.29 is 9.84 Å². The maximum atomic E-state index is 9.86. The topological polar surface area (TPSA) is 41.5 Å². The molecule has 16 heavy (non-hydrogen) atoms. The molecule has 90 valence electrons. The van der Waals surface area contributed by atoms with E-state index in [1.54, 1.807) is 21.0 Å². The van der Waals surface area contributed by atoms with Crippen LogP contribution in [0.3, 0.4) is 0 Å². The van der Waals surface area contributed by atoms with Crippen molar-refractivity contribution in [3.8, 4) is 5.75 Å². The van der Waals surface area contributed by atoms with Crippen molar-refractivity contribution in [1.29, 1.82) is 0 Å². The Hall–Kier alpha value is -0.740. The van der Waals surface area contributed by atoms with E-state index in [4.69, 9.17) is 4.74 Å². The lowest BCUT2D eigenvalue weighted by molar-refractivity contribution is 0.0649. The van der Waals surface area contributed by atoms with Crippen LogP contribution in [0.4, 0.5) is 5.69 Å². The highest BCUT2D eigenvalue weighted by Gasteiger charge is 2.22. The summed E-state index contributed by atoms with van der Waals surface area (Å²) in [7, 11) is 1.63. The zero-order chi connectivity index (χ0) is 12.3. The molecular weight excluding hydrogens is 270 g/mol. The fourth-order valence-corrected chi connectivity index (χ4v) is 1.51. The molecule has 0 aliphatic heterocycles. The van der Waals surface area contributed by atoms with E-state index >= 15 is 0 Å². The van der Waals surface area contributed by atoms with Gasteiger partial charge < -0.3 is 15.2 Å². The van der Waals surface area contributed by atoms with Gasteiger partial charge in [-0.25, -0.2) is 0 Å². The average molecular weight is 288 g/mol. The molecule has 1 aromatic carbocycles. The molecule has 1 atom stereocenters. The van der Waals surface area contributed by atoms with Crippen LogP contribution in [0.1, 0.15) is 20.8 Å². The molecule has 0 radical (unpaired) electrons. The van der Waals surface area contributed by atoms with Gasteiger partial charge >= 0.3 is 0 Å². The van der Waals surface area contributed by atoms with E-state index in [-0.39, 0.29) is 6.04 Å². The fourth-order valence-electron chi connectivity index (χ4n) is 1.15. The standard InChI is InChI=1S/C12H18BrNO2/c1-8(12(2,3)15)14-11-7-9(16-4)5-6-10(11)13/h5-8,14-15H,1-4H3. The zero-order valence-corrected chi connectivity index (χ0v) is 11.6. The summed E-state index contributed by atoms with van der Waals surface area (Å²) in [6.07, 6.45) is 0. The Morgan fingerprint density at radius 1 is 1.44 bits per heavy atom. The summed E-state index contributed by atoms with van der Waals surface area (Å²) in [5.41, 5.74) is 0.136. The Morgan fingerprint density at radius 3 is 2.56 bits per heavy atom. The van der Waals surface area contributed by atoms with Crippen molar-refractivity contribution >= 4 is 21.6 Å². The summed E-state index contributed by atoms with van der Waals surface area (Å²) < 4.78 is 6.10. The molecule has 0 fully saturated rings. The van der Waals surface area contributed by atoms with Crippen LogP contribution in [-0.2, 0) is 0 Å². The van der Waals surface area contributed by atoms with Crippen LogP contribution >= 0.6 is 15.9 Å². The van der Waals surface area contributed by atoms with Crippen LogP contribution in [0.15, 0.2) is 22.7 Å². The Labute approximate surface area is 105 Å². The van der Waals surface area contributed by atoms with E-state index in [1.807, 2.05) is 25.1 Å². The second-order valence-electron chi connectivity index (χ2n) is 4.37. The number of nitrogens with one attached hydrogen (secondary N) is 1. The number of halogens is 1. The fraction of sp³-hybridized carbons (Fsp3) is 0.500. The third-order valence-electron chi connectivity index (χ3n) is 2.61. The van der Waals surface area contributed by atoms with Gasteiger partial charge in [0.05, 0.1) is 24.4 Å². The molecule has 0 aliphatic rings. The first kappa shape index (κ1) is 13.3. The maximum absolute atomic E-state index is 9.86. The smallest absolute Gasteiger partial charge is 0.121 e. The van der Waals surface area contributed by atoms with Crippen LogP contribution in [0.2, 0.25) is 0 Å². The van der Waals surface area contributed by atoms with Gasteiger partial charge in [-0.1, -0.05) is 0 Å². The number of aliphatic hydroxyl groups is 1. The molecule has 0 bridgehead atoms. The van der Waals surface area contributed by atoms with Crippen LogP contribution in [0.5, 0.6) is 5.75 Å². The first-order valence-corrected chi connectivity index (χ1v) is 5.96. The van der Waals surface area contributed by atoms with Crippen molar-refractivity contribution in [3.63, 3.8) is 0 Å². The first-order valence-electron chi connectivity index (χ1n) is 5.17. The van der Waals surface area contributed by atoms with Gasteiger partial charge in [0.2, 0.25) is 0 Å². The third kappa shape index (κ3) is 3.39. The molecule has 0 heterocycles. The lowest BCUT2D eigenvalue weighted by Gasteiger charge is -2.28. The van der Waals surface area contributed by atoms with E-state index in [9.17, 15) is 5.11 Å². The van der Waals surface area contributed by atoms with E-state index in [1.165, 1.54) is 0 Å². The highest BCUT2D eigenvalue weighted by molar-refractivity contribution is 9.10. The SMILES string of the molecule is COc1ccc(Br)c(NC(C)C(C)(C)O)c1. The number of rotatable bonds is 4. The molecule has 0 amide bonds. The number of hydrogen-bond acceptors (Lipinski definition) is 3. The maximum Gasteiger partial charge on any atom is 0.121 e. The summed E-state index contributed by atoms with van der Waals surface area (Å²) in [4.78, 5) is 0. The van der Waals surface area contributed by atoms with Crippen molar-refractivity contribution in [2.24, 2.45) is 0 Å². The lowest BCUT2D eigenvalue weighted by Crippen LogP contribution is -2.39. The summed E-state index contributed by atoms with van der Waals surface area (Å²) in [6.45, 7) is 5.49. The Bertz CT molecular complexity index is 361. The quantitative estimate of drug-likeness (QED) is 0.894. The number of benzene rings is 1. The van der Waals surface area contributed by atoms with Crippen molar-refractivity contribution in [2.75, 3.05) is 12.4 Å². The van der Waals surface area contributed by atoms with Crippen molar-refractivity contribution in [2.45, 2.75) is 32.4 Å². The van der Waals surface area contributed by atoms with Gasteiger partial charge in [0.25, 0.3) is 0 Å². The molecule has 2 N–H and O–H groups in total. The summed E-state index contributed by atoms with van der Waals surface area (Å²) in [6, 6.07) is 5.63. The second-order valence-corrected chi connectivity index (χ2v) is 5.22. The van der Waals surface area contributed by atoms with E-state index in [2.05, 4.69) is 21.2 Å². The molecule has 1 rings (SSSR count). The van der Waals surface area contributed by atoms with Crippen LogP contribution in [0.25, 0.3) is 0 Å². The van der Waals surface area contributed by atoms with Crippen LogP contribution < -0.4 is 10.1 Å². The molecule has 0 saturated heterocycles. The normalized spacial score (nSPS) is 13.4. The number of hydrogen-bond donors (Lipinski definition) is 2. The van der Waals surface area contributed by atoms with Gasteiger partial charge in [-0.15, -0.1) is 0 Å². The summed E-state index contributed by atoms with van der Waals surface area (Å²) in [5.74, 6) is 0.786. The van der Waals surface area contributed by atoms with Gasteiger partial charge in [-0.05, 0) is 48.8 Å². The van der Waals surface area contributed by atoms with Crippen molar-refractivity contribution in [1.82, 2.24) is 0 Å². The molecule has 0 spiro atoms. The average Bonchev–Trinajstić information content (AvgIpc) is 2.19. The van der Waals surface area contributed by atoms with E-state index in [0.29, 0.717) is 0 Å².